The first kappa shape index (κ1) is 11.4. The SMILES string of the molecule is COCC(=O)Nc1ccccc1C(C)=O. The van der Waals surface area contributed by atoms with Crippen LogP contribution in [0.5, 0.6) is 0 Å². The molecular weight excluding hydrogens is 194 g/mol. The molecule has 0 bridgehead atoms. The first-order valence-corrected chi connectivity index (χ1v) is 4.54. The van der Waals surface area contributed by atoms with Gasteiger partial charge in [0.05, 0.1) is 5.69 Å². The van der Waals surface area contributed by atoms with Crippen molar-refractivity contribution in [1.82, 2.24) is 0 Å². The summed E-state index contributed by atoms with van der Waals surface area (Å²) in [6.07, 6.45) is 0. The van der Waals surface area contributed by atoms with Crippen LogP contribution >= 0.6 is 0 Å². The second kappa shape index (κ2) is 5.26. The minimum atomic E-state index is -0.272. The van der Waals surface area contributed by atoms with Crippen LogP contribution in [0.1, 0.15) is 17.3 Å². The van der Waals surface area contributed by atoms with E-state index in [2.05, 4.69) is 10.1 Å². The van der Waals surface area contributed by atoms with Gasteiger partial charge in [0.1, 0.15) is 6.61 Å². The predicted molar refractivity (Wildman–Crippen MR) is 57.0 cm³/mol. The molecule has 4 nitrogen and oxygen atoms in total. The Bertz CT molecular complexity index is 374. The lowest BCUT2D eigenvalue weighted by molar-refractivity contribution is -0.119. The second-order valence-electron chi connectivity index (χ2n) is 3.08. The minimum absolute atomic E-state index is 0.0216. The third-order valence-electron chi connectivity index (χ3n) is 1.86. The molecule has 0 fully saturated rings. The average Bonchev–Trinajstić information content (AvgIpc) is 2.18. The number of nitrogens with one attached hydrogen (secondary N) is 1. The van der Waals surface area contributed by atoms with E-state index in [-0.39, 0.29) is 18.3 Å². The maximum atomic E-state index is 11.2. The molecule has 1 aromatic carbocycles. The van der Waals surface area contributed by atoms with Gasteiger partial charge in [-0.25, -0.2) is 0 Å². The number of benzene rings is 1. The van der Waals surface area contributed by atoms with Crippen LogP contribution in [0.4, 0.5) is 5.69 Å². The van der Waals surface area contributed by atoms with Gasteiger partial charge in [0.2, 0.25) is 5.91 Å². The number of hydrogen-bond donors (Lipinski definition) is 1. The van der Waals surface area contributed by atoms with Gasteiger partial charge in [0.25, 0.3) is 0 Å². The summed E-state index contributed by atoms with van der Waals surface area (Å²) >= 11 is 0. The number of Topliss-reactive ketones (excluding diaryl/α,β-unsaturated/α-hetero) is 1. The topological polar surface area (TPSA) is 55.4 Å². The molecule has 80 valence electrons. The number of methoxy groups -OCH3 is 1. The molecule has 0 radical (unpaired) electrons. The first-order valence-electron chi connectivity index (χ1n) is 4.54. The fraction of sp³-hybridized carbons (Fsp3) is 0.273. The summed E-state index contributed by atoms with van der Waals surface area (Å²) in [4.78, 5) is 22.5. The highest BCUT2D eigenvalue weighted by Gasteiger charge is 2.08. The third-order valence-corrected chi connectivity index (χ3v) is 1.86. The lowest BCUT2D eigenvalue weighted by Gasteiger charge is -2.07. The summed E-state index contributed by atoms with van der Waals surface area (Å²) < 4.78 is 4.68. The Labute approximate surface area is 88.2 Å². The molecule has 15 heavy (non-hydrogen) atoms. The number of hydrogen-bond acceptors (Lipinski definition) is 3. The molecule has 0 aliphatic rings. The van der Waals surface area contributed by atoms with E-state index in [0.717, 1.165) is 0 Å². The lowest BCUT2D eigenvalue weighted by Crippen LogP contribution is -2.18. The van der Waals surface area contributed by atoms with E-state index in [1.165, 1.54) is 14.0 Å². The molecular formula is C11H13NO3. The summed E-state index contributed by atoms with van der Waals surface area (Å²) in [5.74, 6) is -0.352. The summed E-state index contributed by atoms with van der Waals surface area (Å²) in [6.45, 7) is 1.44. The average molecular weight is 207 g/mol. The Hall–Kier alpha value is -1.68. The smallest absolute Gasteiger partial charge is 0.250 e. The van der Waals surface area contributed by atoms with Crippen LogP contribution in [-0.4, -0.2) is 25.4 Å². The molecule has 0 unspecified atom stereocenters. The van der Waals surface area contributed by atoms with E-state index in [1.54, 1.807) is 24.3 Å². The van der Waals surface area contributed by atoms with Gasteiger partial charge in [-0.1, -0.05) is 12.1 Å². The Morgan fingerprint density at radius 3 is 2.60 bits per heavy atom. The summed E-state index contributed by atoms with van der Waals surface area (Å²) in [6, 6.07) is 6.87. The fourth-order valence-electron chi connectivity index (χ4n) is 1.22. The van der Waals surface area contributed by atoms with Crippen molar-refractivity contribution in [2.24, 2.45) is 0 Å². The number of amides is 1. The first-order chi connectivity index (χ1) is 7.15. The zero-order valence-corrected chi connectivity index (χ0v) is 8.74. The van der Waals surface area contributed by atoms with E-state index >= 15 is 0 Å². The van der Waals surface area contributed by atoms with Gasteiger partial charge in [-0.3, -0.25) is 9.59 Å². The Morgan fingerprint density at radius 2 is 2.00 bits per heavy atom. The van der Waals surface area contributed by atoms with Crippen molar-refractivity contribution in [3.63, 3.8) is 0 Å². The second-order valence-corrected chi connectivity index (χ2v) is 3.08. The molecule has 4 heteroatoms. The molecule has 0 spiro atoms. The van der Waals surface area contributed by atoms with E-state index < -0.39 is 0 Å². The van der Waals surface area contributed by atoms with Crippen molar-refractivity contribution < 1.29 is 14.3 Å². The molecule has 0 saturated carbocycles. The van der Waals surface area contributed by atoms with Crippen LogP contribution in [0.15, 0.2) is 24.3 Å². The highest BCUT2D eigenvalue weighted by Crippen LogP contribution is 2.15. The van der Waals surface area contributed by atoms with E-state index in [0.29, 0.717) is 11.3 Å². The predicted octanol–water partition coefficient (Wildman–Crippen LogP) is 1.47. The van der Waals surface area contributed by atoms with Crippen LogP contribution in [0.2, 0.25) is 0 Å². The number of carbonyl (C=O) groups is 2. The van der Waals surface area contributed by atoms with Crippen molar-refractivity contribution in [2.45, 2.75) is 6.92 Å². The van der Waals surface area contributed by atoms with Crippen LogP contribution in [-0.2, 0) is 9.53 Å². The molecule has 1 N–H and O–H groups in total. The molecule has 0 aliphatic carbocycles. The number of carbonyl (C=O) groups excluding carboxylic acids is 2. The number of anilines is 1. The zero-order valence-electron chi connectivity index (χ0n) is 8.74. The minimum Gasteiger partial charge on any atom is -0.375 e. The summed E-state index contributed by atoms with van der Waals surface area (Å²) in [7, 11) is 1.44. The maximum Gasteiger partial charge on any atom is 0.250 e. The number of ether oxygens (including phenoxy) is 1. The molecule has 0 saturated heterocycles. The van der Waals surface area contributed by atoms with Crippen molar-refractivity contribution >= 4 is 17.4 Å². The van der Waals surface area contributed by atoms with Crippen LogP contribution in [0.25, 0.3) is 0 Å². The van der Waals surface area contributed by atoms with E-state index in [1.807, 2.05) is 0 Å². The number of ketones is 1. The highest BCUT2D eigenvalue weighted by atomic mass is 16.5. The van der Waals surface area contributed by atoms with Gasteiger partial charge in [0, 0.05) is 12.7 Å². The van der Waals surface area contributed by atoms with Gasteiger partial charge in [-0.05, 0) is 19.1 Å². The largest absolute Gasteiger partial charge is 0.375 e. The molecule has 0 aliphatic heterocycles. The van der Waals surface area contributed by atoms with E-state index in [4.69, 9.17) is 0 Å². The van der Waals surface area contributed by atoms with Crippen LogP contribution in [0, 0.1) is 0 Å². The van der Waals surface area contributed by atoms with Gasteiger partial charge in [-0.2, -0.15) is 0 Å². The van der Waals surface area contributed by atoms with Crippen LogP contribution < -0.4 is 5.32 Å². The molecule has 1 aromatic rings. The van der Waals surface area contributed by atoms with Gasteiger partial charge < -0.3 is 10.1 Å². The Morgan fingerprint density at radius 1 is 1.33 bits per heavy atom. The lowest BCUT2D eigenvalue weighted by atomic mass is 10.1. The number of para-hydroxylation sites is 1. The Kier molecular flexibility index (Phi) is 4.00. The Balaban J connectivity index is 2.84. The van der Waals surface area contributed by atoms with Gasteiger partial charge >= 0.3 is 0 Å². The van der Waals surface area contributed by atoms with Crippen molar-refractivity contribution in [1.29, 1.82) is 0 Å². The van der Waals surface area contributed by atoms with Crippen molar-refractivity contribution in [3.05, 3.63) is 29.8 Å². The fourth-order valence-corrected chi connectivity index (χ4v) is 1.22. The molecule has 0 atom stereocenters. The standard InChI is InChI=1S/C11H13NO3/c1-8(13)9-5-3-4-6-10(9)12-11(14)7-15-2/h3-6H,7H2,1-2H3,(H,12,14). The highest BCUT2D eigenvalue weighted by molar-refractivity contribution is 6.03. The van der Waals surface area contributed by atoms with Crippen LogP contribution in [0.3, 0.4) is 0 Å². The van der Waals surface area contributed by atoms with Gasteiger partial charge in [-0.15, -0.1) is 0 Å². The van der Waals surface area contributed by atoms with E-state index in [9.17, 15) is 9.59 Å². The van der Waals surface area contributed by atoms with Crippen molar-refractivity contribution in [2.75, 3.05) is 19.0 Å². The monoisotopic (exact) mass is 207 g/mol. The molecule has 0 aromatic heterocycles. The van der Waals surface area contributed by atoms with Gasteiger partial charge in [0.15, 0.2) is 5.78 Å². The maximum absolute atomic E-state index is 11.2. The van der Waals surface area contributed by atoms with Crippen molar-refractivity contribution in [3.8, 4) is 0 Å². The molecule has 1 rings (SSSR count). The summed E-state index contributed by atoms with van der Waals surface area (Å²) in [5.41, 5.74) is 1.02. The third kappa shape index (κ3) is 3.18. The zero-order chi connectivity index (χ0) is 11.3. The quantitative estimate of drug-likeness (QED) is 0.761. The summed E-state index contributed by atoms with van der Waals surface area (Å²) in [5, 5.41) is 2.61. The number of rotatable bonds is 4. The molecule has 0 heterocycles. The normalized spacial score (nSPS) is 9.73. The molecule has 1 amide bonds.